The fourth-order valence-electron chi connectivity index (χ4n) is 1.03. The summed E-state index contributed by atoms with van der Waals surface area (Å²) < 4.78 is 0. The number of hydrogen-bond acceptors (Lipinski definition) is 4. The monoisotopic (exact) mass is 209 g/mol. The van der Waals surface area contributed by atoms with Crippen LogP contribution in [0.2, 0.25) is 0 Å². The van der Waals surface area contributed by atoms with Gasteiger partial charge in [0, 0.05) is 5.69 Å². The smallest absolute Gasteiger partial charge is 0.356 e. The minimum atomic E-state index is -1.07. The van der Waals surface area contributed by atoms with Gasteiger partial charge in [-0.15, -0.1) is 0 Å². The number of nitrogens with one attached hydrogen (secondary N) is 2. The number of hydrogen-bond donors (Lipinski definition) is 4. The molecule has 80 valence electrons. The average molecular weight is 209 g/mol. The standard InChI is InChI=1S/C9H12N4O2/c1-6-2-3-7(13-11-5-4-10)8(12-6)9(14)15/h2-4,10-11,13H,5H2,1H3,(H,14,15)/p+1. The maximum absolute atomic E-state index is 10.8. The molecule has 0 bridgehead atoms. The summed E-state index contributed by atoms with van der Waals surface area (Å²) in [5, 5.41) is 14.0. The van der Waals surface area contributed by atoms with Crippen molar-refractivity contribution in [2.75, 3.05) is 12.0 Å². The highest BCUT2D eigenvalue weighted by Crippen LogP contribution is 2.12. The van der Waals surface area contributed by atoms with Crippen LogP contribution in [0.25, 0.3) is 0 Å². The molecule has 0 spiro atoms. The first-order chi connectivity index (χ1) is 7.15. The molecular formula is C9H13N4O2+. The molecular weight excluding hydrogens is 196 g/mol. The Morgan fingerprint density at radius 3 is 3.00 bits per heavy atom. The zero-order valence-electron chi connectivity index (χ0n) is 8.32. The van der Waals surface area contributed by atoms with E-state index in [9.17, 15) is 4.79 Å². The van der Waals surface area contributed by atoms with E-state index in [0.717, 1.165) is 0 Å². The maximum Gasteiger partial charge on any atom is 0.356 e. The second-order valence-corrected chi connectivity index (χ2v) is 2.90. The minimum absolute atomic E-state index is 0.0143. The normalized spacial score (nSPS) is 9.67. The Bertz CT molecular complexity index is 378. The highest BCUT2D eigenvalue weighted by molar-refractivity contribution is 5.91. The number of carboxylic acids is 1. The van der Waals surface area contributed by atoms with E-state index in [1.165, 1.54) is 6.21 Å². The van der Waals surface area contributed by atoms with Crippen LogP contribution in [0.15, 0.2) is 12.1 Å². The molecule has 1 aromatic rings. The summed E-state index contributed by atoms with van der Waals surface area (Å²) in [5.74, 6) is -1.07. The lowest BCUT2D eigenvalue weighted by Crippen LogP contribution is -2.37. The van der Waals surface area contributed by atoms with E-state index in [1.54, 1.807) is 19.1 Å². The van der Waals surface area contributed by atoms with Gasteiger partial charge < -0.3 is 10.5 Å². The van der Waals surface area contributed by atoms with Crippen LogP contribution in [0, 0.1) is 6.92 Å². The molecule has 0 fully saturated rings. The largest absolute Gasteiger partial charge is 0.476 e. The maximum atomic E-state index is 10.8. The minimum Gasteiger partial charge on any atom is -0.476 e. The van der Waals surface area contributed by atoms with Crippen molar-refractivity contribution in [1.82, 2.24) is 10.4 Å². The number of carboxylic acid groups (broad SMARTS) is 1. The number of rotatable bonds is 5. The van der Waals surface area contributed by atoms with Gasteiger partial charge in [-0.1, -0.05) is 0 Å². The van der Waals surface area contributed by atoms with E-state index < -0.39 is 5.97 Å². The Morgan fingerprint density at radius 1 is 1.67 bits per heavy atom. The Labute approximate surface area is 86.8 Å². The third kappa shape index (κ3) is 3.03. The molecule has 0 aliphatic heterocycles. The lowest BCUT2D eigenvalue weighted by molar-refractivity contribution is -0.107. The van der Waals surface area contributed by atoms with Crippen LogP contribution >= 0.6 is 0 Å². The number of aromatic nitrogens is 1. The fraction of sp³-hybridized carbons (Fsp3) is 0.222. The van der Waals surface area contributed by atoms with Crippen molar-refractivity contribution in [1.29, 1.82) is 0 Å². The summed E-state index contributed by atoms with van der Waals surface area (Å²) >= 11 is 0. The third-order valence-corrected chi connectivity index (χ3v) is 1.68. The first-order valence-corrected chi connectivity index (χ1v) is 4.38. The van der Waals surface area contributed by atoms with Gasteiger partial charge in [0.05, 0.1) is 12.2 Å². The highest BCUT2D eigenvalue weighted by atomic mass is 16.4. The Kier molecular flexibility index (Phi) is 3.75. The first-order valence-electron chi connectivity index (χ1n) is 4.38. The summed E-state index contributed by atoms with van der Waals surface area (Å²) in [6, 6.07) is 3.37. The lowest BCUT2D eigenvalue weighted by atomic mass is 10.2. The lowest BCUT2D eigenvalue weighted by Gasteiger charge is -2.08. The van der Waals surface area contributed by atoms with E-state index in [1.807, 2.05) is 0 Å². The van der Waals surface area contributed by atoms with Crippen LogP contribution < -0.4 is 16.3 Å². The molecule has 6 heteroatoms. The molecule has 0 aliphatic carbocycles. The van der Waals surface area contributed by atoms with Crippen molar-refractivity contribution >= 4 is 17.9 Å². The number of anilines is 1. The second kappa shape index (κ2) is 5.06. The van der Waals surface area contributed by atoms with Crippen molar-refractivity contribution in [2.45, 2.75) is 6.92 Å². The molecule has 0 saturated carbocycles. The van der Waals surface area contributed by atoms with E-state index in [2.05, 4.69) is 15.8 Å². The van der Waals surface area contributed by atoms with E-state index in [4.69, 9.17) is 10.5 Å². The number of aromatic carboxylic acids is 1. The molecule has 0 amide bonds. The number of carbonyl (C=O) groups is 1. The quantitative estimate of drug-likeness (QED) is 0.278. The van der Waals surface area contributed by atoms with E-state index >= 15 is 0 Å². The van der Waals surface area contributed by atoms with Crippen LogP contribution in [0.1, 0.15) is 16.2 Å². The van der Waals surface area contributed by atoms with Crippen LogP contribution in [0.3, 0.4) is 0 Å². The van der Waals surface area contributed by atoms with Gasteiger partial charge in [0.1, 0.15) is 0 Å². The molecule has 0 unspecified atom stereocenters. The fourth-order valence-corrected chi connectivity index (χ4v) is 1.03. The predicted octanol–water partition coefficient (Wildman–Crippen LogP) is -1.17. The Hall–Kier alpha value is -1.95. The topological polar surface area (TPSA) is 99.8 Å². The molecule has 5 N–H and O–H groups in total. The summed E-state index contributed by atoms with van der Waals surface area (Å²) in [7, 11) is 0. The van der Waals surface area contributed by atoms with Gasteiger partial charge in [0.25, 0.3) is 0 Å². The number of aryl methyl sites for hydroxylation is 1. The molecule has 6 nitrogen and oxygen atoms in total. The van der Waals surface area contributed by atoms with Gasteiger partial charge in [0.2, 0.25) is 0 Å². The SMILES string of the molecule is Cc1ccc(NNCC=[NH2+])c(C(=O)O)n1. The summed E-state index contributed by atoms with van der Waals surface area (Å²) in [6.45, 7) is 2.16. The zero-order valence-corrected chi connectivity index (χ0v) is 8.32. The molecule has 1 heterocycles. The van der Waals surface area contributed by atoms with Gasteiger partial charge >= 0.3 is 5.97 Å². The van der Waals surface area contributed by atoms with Crippen molar-refractivity contribution in [2.24, 2.45) is 0 Å². The van der Waals surface area contributed by atoms with Crippen molar-refractivity contribution < 1.29 is 15.3 Å². The summed E-state index contributed by atoms with van der Waals surface area (Å²) in [6.07, 6.45) is 1.41. The van der Waals surface area contributed by atoms with Crippen molar-refractivity contribution in [3.05, 3.63) is 23.5 Å². The van der Waals surface area contributed by atoms with E-state index in [0.29, 0.717) is 17.9 Å². The number of hydrazine groups is 1. The molecule has 0 aromatic carbocycles. The molecule has 0 radical (unpaired) electrons. The van der Waals surface area contributed by atoms with Gasteiger partial charge in [-0.2, -0.15) is 0 Å². The summed E-state index contributed by atoms with van der Waals surface area (Å²) in [5.41, 5.74) is 6.50. The van der Waals surface area contributed by atoms with Crippen molar-refractivity contribution in [3.8, 4) is 0 Å². The van der Waals surface area contributed by atoms with Crippen LogP contribution in [-0.2, 0) is 0 Å². The highest BCUT2D eigenvalue weighted by Gasteiger charge is 2.11. The van der Waals surface area contributed by atoms with Crippen LogP contribution in [-0.4, -0.2) is 28.8 Å². The van der Waals surface area contributed by atoms with Gasteiger partial charge in [-0.3, -0.25) is 5.41 Å². The van der Waals surface area contributed by atoms with Crippen molar-refractivity contribution in [3.63, 3.8) is 0 Å². The first kappa shape index (κ1) is 11.1. The van der Waals surface area contributed by atoms with Crippen LogP contribution in [0.4, 0.5) is 5.69 Å². The third-order valence-electron chi connectivity index (χ3n) is 1.68. The molecule has 0 saturated heterocycles. The van der Waals surface area contributed by atoms with Gasteiger partial charge in [-0.25, -0.2) is 15.2 Å². The predicted molar refractivity (Wildman–Crippen MR) is 55.5 cm³/mol. The number of nitrogens with zero attached hydrogens (tertiary/aromatic N) is 1. The second-order valence-electron chi connectivity index (χ2n) is 2.90. The average Bonchev–Trinajstić information content (AvgIpc) is 2.20. The zero-order chi connectivity index (χ0) is 11.3. The number of nitrogens with two attached hydrogens (primary N) is 1. The van der Waals surface area contributed by atoms with Crippen LogP contribution in [0.5, 0.6) is 0 Å². The Balaban J connectivity index is 2.85. The Morgan fingerprint density at radius 2 is 2.40 bits per heavy atom. The molecule has 0 atom stereocenters. The van der Waals surface area contributed by atoms with E-state index in [-0.39, 0.29) is 5.69 Å². The molecule has 1 aromatic heterocycles. The summed E-state index contributed by atoms with van der Waals surface area (Å²) in [4.78, 5) is 14.8. The van der Waals surface area contributed by atoms with Gasteiger partial charge in [0.15, 0.2) is 11.9 Å². The molecule has 15 heavy (non-hydrogen) atoms. The molecule has 1 rings (SSSR count). The van der Waals surface area contributed by atoms with Gasteiger partial charge in [-0.05, 0) is 19.1 Å². The molecule has 0 aliphatic rings. The number of pyridine rings is 1.